The first-order valence-electron chi connectivity index (χ1n) is 8.49. The molecule has 140 valence electrons. The van der Waals surface area contributed by atoms with Crippen LogP contribution in [-0.4, -0.2) is 36.3 Å². The molecule has 2 amide bonds. The zero-order chi connectivity index (χ0) is 19.4. The fraction of sp³-hybridized carbons (Fsp3) is 0.250. The average Bonchev–Trinajstić information content (AvgIpc) is 3.04. The Labute approximate surface area is 155 Å². The second-order valence-corrected chi connectivity index (χ2v) is 6.29. The van der Waals surface area contributed by atoms with Crippen LogP contribution in [0, 0.1) is 11.7 Å². The largest absolute Gasteiger partial charge is 0.465 e. The smallest absolute Gasteiger partial charge is 0.339 e. The Kier molecular flexibility index (Phi) is 5.49. The molecule has 2 aromatic rings. The van der Waals surface area contributed by atoms with Crippen molar-refractivity contribution in [1.29, 1.82) is 0 Å². The minimum Gasteiger partial charge on any atom is -0.465 e. The van der Waals surface area contributed by atoms with Crippen molar-refractivity contribution in [2.75, 3.05) is 19.0 Å². The van der Waals surface area contributed by atoms with Crippen molar-refractivity contribution in [3.05, 3.63) is 65.5 Å². The molecular formula is C20H19FN2O4. The number of para-hydroxylation sites is 1. The van der Waals surface area contributed by atoms with E-state index >= 15 is 0 Å². The van der Waals surface area contributed by atoms with Crippen LogP contribution < -0.4 is 5.32 Å². The molecule has 1 N–H and O–H groups in total. The Morgan fingerprint density at radius 2 is 1.89 bits per heavy atom. The van der Waals surface area contributed by atoms with E-state index in [1.54, 1.807) is 42.5 Å². The molecule has 7 heteroatoms. The fourth-order valence-corrected chi connectivity index (χ4v) is 3.05. The highest BCUT2D eigenvalue weighted by molar-refractivity contribution is 6.03. The minimum absolute atomic E-state index is 0.0423. The number of amides is 2. The highest BCUT2D eigenvalue weighted by Gasteiger charge is 2.35. The molecule has 27 heavy (non-hydrogen) atoms. The molecule has 3 rings (SSSR count). The second-order valence-electron chi connectivity index (χ2n) is 6.29. The monoisotopic (exact) mass is 370 g/mol. The summed E-state index contributed by atoms with van der Waals surface area (Å²) in [5.41, 5.74) is 0.971. The molecule has 1 aliphatic rings. The molecule has 1 heterocycles. The van der Waals surface area contributed by atoms with Crippen LogP contribution >= 0.6 is 0 Å². The lowest BCUT2D eigenvalue weighted by Crippen LogP contribution is -2.28. The topological polar surface area (TPSA) is 75.7 Å². The Morgan fingerprint density at radius 3 is 2.63 bits per heavy atom. The van der Waals surface area contributed by atoms with E-state index < -0.39 is 11.9 Å². The zero-order valence-electron chi connectivity index (χ0n) is 14.8. The number of carbonyl (C=O) groups excluding carboxylic acids is 3. The summed E-state index contributed by atoms with van der Waals surface area (Å²) in [5.74, 6) is -2.09. The highest BCUT2D eigenvalue weighted by atomic mass is 19.1. The van der Waals surface area contributed by atoms with E-state index in [9.17, 15) is 18.8 Å². The van der Waals surface area contributed by atoms with Gasteiger partial charge in [-0.1, -0.05) is 30.3 Å². The van der Waals surface area contributed by atoms with Gasteiger partial charge in [0.25, 0.3) is 0 Å². The molecule has 0 bridgehead atoms. The van der Waals surface area contributed by atoms with Gasteiger partial charge in [0.2, 0.25) is 11.8 Å². The van der Waals surface area contributed by atoms with E-state index in [0.29, 0.717) is 11.3 Å². The summed E-state index contributed by atoms with van der Waals surface area (Å²) < 4.78 is 18.5. The fourth-order valence-electron chi connectivity index (χ4n) is 3.05. The number of ether oxygens (including phenoxy) is 1. The van der Waals surface area contributed by atoms with Crippen molar-refractivity contribution in [2.45, 2.75) is 13.0 Å². The predicted octanol–water partition coefficient (Wildman–Crippen LogP) is 2.60. The van der Waals surface area contributed by atoms with Gasteiger partial charge >= 0.3 is 5.97 Å². The van der Waals surface area contributed by atoms with Crippen molar-refractivity contribution >= 4 is 23.5 Å². The summed E-state index contributed by atoms with van der Waals surface area (Å²) in [7, 11) is 1.26. The molecule has 0 radical (unpaired) electrons. The minimum atomic E-state index is -0.574. The Hall–Kier alpha value is -3.22. The number of hydrogen-bond donors (Lipinski definition) is 1. The molecular weight excluding hydrogens is 351 g/mol. The van der Waals surface area contributed by atoms with Crippen LogP contribution in [0.25, 0.3) is 0 Å². The van der Waals surface area contributed by atoms with Crippen LogP contribution in [0.3, 0.4) is 0 Å². The predicted molar refractivity (Wildman–Crippen MR) is 96.3 cm³/mol. The van der Waals surface area contributed by atoms with Gasteiger partial charge in [-0.3, -0.25) is 9.59 Å². The Balaban J connectivity index is 1.68. The normalized spacial score (nSPS) is 16.3. The van der Waals surface area contributed by atoms with E-state index in [4.69, 9.17) is 4.74 Å². The number of esters is 1. The van der Waals surface area contributed by atoms with Crippen LogP contribution in [0.15, 0.2) is 48.5 Å². The summed E-state index contributed by atoms with van der Waals surface area (Å²) in [6.07, 6.45) is 0.0423. The van der Waals surface area contributed by atoms with Crippen LogP contribution in [0.5, 0.6) is 0 Å². The summed E-state index contributed by atoms with van der Waals surface area (Å²) >= 11 is 0. The number of benzene rings is 2. The molecule has 0 aromatic heterocycles. The molecule has 1 aliphatic heterocycles. The Bertz CT molecular complexity index is 884. The van der Waals surface area contributed by atoms with Crippen molar-refractivity contribution in [3.63, 3.8) is 0 Å². The summed E-state index contributed by atoms with van der Waals surface area (Å²) in [6.45, 7) is 0.313. The number of anilines is 1. The SMILES string of the molecule is COC(=O)c1ccccc1NC(=O)C1CC(=O)N(Cc2ccccc2F)C1. The maximum atomic E-state index is 13.8. The third kappa shape index (κ3) is 4.13. The number of likely N-dealkylation sites (tertiary alicyclic amines) is 1. The number of hydrogen-bond acceptors (Lipinski definition) is 4. The molecule has 1 unspecified atom stereocenters. The standard InChI is InChI=1S/C20H19FN2O4/c1-27-20(26)15-7-3-5-9-17(15)22-19(25)14-10-18(24)23(12-14)11-13-6-2-4-8-16(13)21/h2-9,14H,10-12H2,1H3,(H,22,25). The van der Waals surface area contributed by atoms with Crippen LogP contribution in [0.4, 0.5) is 10.1 Å². The van der Waals surface area contributed by atoms with Crippen LogP contribution in [0.2, 0.25) is 0 Å². The van der Waals surface area contributed by atoms with Gasteiger partial charge in [0.15, 0.2) is 0 Å². The first kappa shape index (κ1) is 18.6. The highest BCUT2D eigenvalue weighted by Crippen LogP contribution is 2.24. The first-order chi connectivity index (χ1) is 13.0. The van der Waals surface area contributed by atoms with Crippen LogP contribution in [0.1, 0.15) is 22.3 Å². The summed E-state index contributed by atoms with van der Waals surface area (Å²) in [4.78, 5) is 38.1. The quantitative estimate of drug-likeness (QED) is 0.821. The van der Waals surface area contributed by atoms with E-state index in [2.05, 4.69) is 5.32 Å². The van der Waals surface area contributed by atoms with E-state index in [1.165, 1.54) is 18.1 Å². The third-order valence-electron chi connectivity index (χ3n) is 4.49. The van der Waals surface area contributed by atoms with Gasteiger partial charge in [-0.05, 0) is 18.2 Å². The third-order valence-corrected chi connectivity index (χ3v) is 4.49. The average molecular weight is 370 g/mol. The number of halogens is 1. The summed E-state index contributed by atoms with van der Waals surface area (Å²) in [6, 6.07) is 12.7. The summed E-state index contributed by atoms with van der Waals surface area (Å²) in [5, 5.41) is 2.69. The van der Waals surface area contributed by atoms with Crippen molar-refractivity contribution < 1.29 is 23.5 Å². The molecule has 0 saturated carbocycles. The number of rotatable bonds is 5. The number of nitrogens with one attached hydrogen (secondary N) is 1. The Morgan fingerprint density at radius 1 is 1.19 bits per heavy atom. The lowest BCUT2D eigenvalue weighted by Gasteiger charge is -2.17. The van der Waals surface area contributed by atoms with Gasteiger partial charge in [-0.15, -0.1) is 0 Å². The second kappa shape index (κ2) is 7.99. The molecule has 0 aliphatic carbocycles. The van der Waals surface area contributed by atoms with Gasteiger partial charge in [0, 0.05) is 25.1 Å². The molecule has 0 spiro atoms. The number of carbonyl (C=O) groups is 3. The molecule has 2 aromatic carbocycles. The van der Waals surface area contributed by atoms with Gasteiger partial charge in [-0.2, -0.15) is 0 Å². The molecule has 6 nitrogen and oxygen atoms in total. The molecule has 1 saturated heterocycles. The number of methoxy groups -OCH3 is 1. The molecule has 1 fully saturated rings. The first-order valence-corrected chi connectivity index (χ1v) is 8.49. The number of nitrogens with zero attached hydrogens (tertiary/aromatic N) is 1. The van der Waals surface area contributed by atoms with Gasteiger partial charge in [0.05, 0.1) is 24.3 Å². The molecule has 1 atom stereocenters. The van der Waals surface area contributed by atoms with Gasteiger partial charge < -0.3 is 15.0 Å². The van der Waals surface area contributed by atoms with Crippen LogP contribution in [-0.2, 0) is 20.9 Å². The van der Waals surface area contributed by atoms with E-state index in [1.807, 2.05) is 0 Å². The van der Waals surface area contributed by atoms with Gasteiger partial charge in [0.1, 0.15) is 5.82 Å². The zero-order valence-corrected chi connectivity index (χ0v) is 14.8. The van der Waals surface area contributed by atoms with Crippen molar-refractivity contribution in [2.24, 2.45) is 5.92 Å². The van der Waals surface area contributed by atoms with Gasteiger partial charge in [-0.25, -0.2) is 9.18 Å². The van der Waals surface area contributed by atoms with E-state index in [0.717, 1.165) is 0 Å². The van der Waals surface area contributed by atoms with Crippen molar-refractivity contribution in [1.82, 2.24) is 4.90 Å². The lowest BCUT2D eigenvalue weighted by molar-refractivity contribution is -0.128. The maximum Gasteiger partial charge on any atom is 0.339 e. The lowest BCUT2D eigenvalue weighted by atomic mass is 10.1. The van der Waals surface area contributed by atoms with E-state index in [-0.39, 0.29) is 42.7 Å². The van der Waals surface area contributed by atoms with Crippen molar-refractivity contribution in [3.8, 4) is 0 Å². The maximum absolute atomic E-state index is 13.8.